The first kappa shape index (κ1) is 53.9. The van der Waals surface area contributed by atoms with Crippen molar-refractivity contribution in [2.75, 3.05) is 26.2 Å². The van der Waals surface area contributed by atoms with Crippen molar-refractivity contribution in [3.63, 3.8) is 0 Å². The van der Waals surface area contributed by atoms with Gasteiger partial charge in [-0.15, -0.1) is 26.2 Å². The van der Waals surface area contributed by atoms with E-state index in [4.69, 9.17) is 21.3 Å². The average Bonchev–Trinajstić information content (AvgIpc) is 3.35. The Bertz CT molecular complexity index is 977. The number of rotatable bonds is 2. The molecular formula is C44H78N4O2W2-10. The topological polar surface area (TPSA) is 119 Å². The van der Waals surface area contributed by atoms with Crippen LogP contribution in [0.4, 0.5) is 0 Å². The van der Waals surface area contributed by atoms with Gasteiger partial charge < -0.3 is 60.0 Å². The second-order valence-corrected chi connectivity index (χ2v) is 16.7. The summed E-state index contributed by atoms with van der Waals surface area (Å²) in [5.41, 5.74) is 14.7. The maximum absolute atomic E-state index is 4.74. The first-order valence-electron chi connectivity index (χ1n) is 19.7. The van der Waals surface area contributed by atoms with Gasteiger partial charge in [0.2, 0.25) is 0 Å². The van der Waals surface area contributed by atoms with Crippen LogP contribution in [0.15, 0.2) is 0 Å². The number of hydrogen-bond donors (Lipinski definition) is 0. The van der Waals surface area contributed by atoms with Crippen LogP contribution < -0.4 is 0 Å². The second kappa shape index (κ2) is 25.9. The van der Waals surface area contributed by atoms with Gasteiger partial charge in [-0.25, -0.2) is 34.6 Å². The summed E-state index contributed by atoms with van der Waals surface area (Å²) in [6, 6.07) is 2.23. The van der Waals surface area contributed by atoms with Gasteiger partial charge in [-0.1, -0.05) is 114 Å². The molecule has 6 rings (SSSR count). The van der Waals surface area contributed by atoms with E-state index in [1.807, 2.05) is 0 Å². The van der Waals surface area contributed by atoms with E-state index in [9.17, 15) is 0 Å². The summed E-state index contributed by atoms with van der Waals surface area (Å²) < 4.78 is 0. The molecule has 0 spiro atoms. The minimum Gasteiger partial charge on any atom is -0.731 e. The quantitative estimate of drug-likeness (QED) is 0.266. The largest absolute Gasteiger partial charge is 0.731 e. The molecule has 2 aromatic rings. The van der Waals surface area contributed by atoms with E-state index < -0.39 is 0 Å². The summed E-state index contributed by atoms with van der Waals surface area (Å²) in [7, 11) is 0. The third-order valence-electron chi connectivity index (χ3n) is 13.0. The summed E-state index contributed by atoms with van der Waals surface area (Å²) in [6.07, 6.45) is 10.3. The minimum absolute atomic E-state index is 0. The second-order valence-electron chi connectivity index (χ2n) is 16.7. The van der Waals surface area contributed by atoms with E-state index >= 15 is 0 Å². The van der Waals surface area contributed by atoms with Crippen LogP contribution >= 0.6 is 0 Å². The Morgan fingerprint density at radius 1 is 0.404 bits per heavy atom. The molecule has 4 fully saturated rings. The van der Waals surface area contributed by atoms with E-state index in [0.717, 1.165) is 49.9 Å². The zero-order chi connectivity index (χ0) is 35.7. The van der Waals surface area contributed by atoms with Crippen LogP contribution in [0.1, 0.15) is 135 Å². The number of hydrogen-bond acceptors (Lipinski definition) is 0. The molecule has 8 atom stereocenters. The molecule has 0 saturated carbocycles. The van der Waals surface area contributed by atoms with Crippen LogP contribution in [0.5, 0.6) is 0 Å². The zero-order valence-corrected chi connectivity index (χ0v) is 41.6. The molecular weight excluding hydrogens is 984 g/mol. The van der Waals surface area contributed by atoms with Gasteiger partial charge >= 0.3 is 0 Å². The molecule has 8 heteroatoms. The Morgan fingerprint density at radius 3 is 0.731 bits per heavy atom. The standard InChI is InChI=1S/2C12H22N2.2C10H15.2H2O.2W/c2*1-9-3-5-13-11(7-9)12-8-10(2)4-6-14-12;2*1-6-7(2)9(4)10(5)8(6)3;;;;/h2*9-12H,3-8H2,1-2H3;2*1-5H3;2*1H2;;/q2*-2;-5;-1;;;;. The predicted octanol–water partition coefficient (Wildman–Crippen LogP) is 10.9. The van der Waals surface area contributed by atoms with Crippen LogP contribution in [-0.4, -0.2) is 61.3 Å². The van der Waals surface area contributed by atoms with Crippen molar-refractivity contribution in [1.82, 2.24) is 0 Å². The van der Waals surface area contributed by atoms with Crippen LogP contribution in [0, 0.1) is 92.9 Å². The summed E-state index contributed by atoms with van der Waals surface area (Å²) in [5.74, 6) is 3.46. The summed E-state index contributed by atoms with van der Waals surface area (Å²) in [6.45, 7) is 35.7. The molecule has 4 heterocycles. The average molecular weight is 1060 g/mol. The minimum atomic E-state index is 0. The van der Waals surface area contributed by atoms with Crippen LogP contribution in [0.25, 0.3) is 21.3 Å². The SMILES string of the molecule is CC1CC[N-]C(C2CC(C)CC[N-]2)C1.CC1CC[N-]C(C2CC(C)CC[N-]2)C1.C[c-]1[c-](C)[c-](C)[c-](C)[c-]1C.Cc1c(C)c(C)[c-](C)c1C.O.O.[W].[W]. The van der Waals surface area contributed by atoms with Crippen molar-refractivity contribution in [3.8, 4) is 0 Å². The van der Waals surface area contributed by atoms with Crippen molar-refractivity contribution >= 4 is 0 Å². The van der Waals surface area contributed by atoms with Crippen LogP contribution in [0.3, 0.4) is 0 Å². The Kier molecular flexibility index (Phi) is 26.9. The summed E-state index contributed by atoms with van der Waals surface area (Å²) >= 11 is 0. The monoisotopic (exact) mass is 1060 g/mol. The molecule has 2 aromatic carbocycles. The molecule has 0 bridgehead atoms. The fraction of sp³-hybridized carbons (Fsp3) is 0.773. The van der Waals surface area contributed by atoms with Crippen molar-refractivity contribution in [2.45, 2.75) is 172 Å². The zero-order valence-electron chi connectivity index (χ0n) is 35.7. The number of piperidine rings is 4. The normalized spacial score (nSPS) is 28.3. The molecule has 52 heavy (non-hydrogen) atoms. The van der Waals surface area contributed by atoms with Crippen molar-refractivity contribution in [3.05, 3.63) is 76.9 Å². The van der Waals surface area contributed by atoms with Gasteiger partial charge in [-0.05, 0) is 23.7 Å². The third-order valence-corrected chi connectivity index (χ3v) is 13.0. The van der Waals surface area contributed by atoms with Gasteiger partial charge in [0.1, 0.15) is 0 Å². The molecule has 0 amide bonds. The maximum atomic E-state index is 4.74. The molecule has 6 nitrogen and oxygen atoms in total. The Morgan fingerprint density at radius 2 is 0.596 bits per heavy atom. The van der Waals surface area contributed by atoms with E-state index in [1.54, 1.807) is 0 Å². The van der Waals surface area contributed by atoms with Gasteiger partial charge in [0.15, 0.2) is 0 Å². The van der Waals surface area contributed by atoms with Crippen LogP contribution in [0.2, 0.25) is 0 Å². The molecule has 8 unspecified atom stereocenters. The van der Waals surface area contributed by atoms with Crippen molar-refractivity contribution < 1.29 is 53.1 Å². The smallest absolute Gasteiger partial charge is 0 e. The van der Waals surface area contributed by atoms with Gasteiger partial charge in [0.05, 0.1) is 0 Å². The van der Waals surface area contributed by atoms with Crippen molar-refractivity contribution in [1.29, 1.82) is 0 Å². The third kappa shape index (κ3) is 15.4. The van der Waals surface area contributed by atoms with Gasteiger partial charge in [-0.3, -0.25) is 0 Å². The van der Waals surface area contributed by atoms with Gasteiger partial charge in [-0.2, -0.15) is 52.0 Å². The van der Waals surface area contributed by atoms with E-state index in [0.29, 0.717) is 24.2 Å². The first-order chi connectivity index (χ1) is 22.6. The van der Waals surface area contributed by atoms with E-state index in [1.165, 1.54) is 107 Å². The van der Waals surface area contributed by atoms with Gasteiger partial charge in [0.25, 0.3) is 0 Å². The Balaban J connectivity index is 0. The fourth-order valence-electron chi connectivity index (χ4n) is 8.19. The van der Waals surface area contributed by atoms with E-state index in [-0.39, 0.29) is 53.1 Å². The molecule has 0 aliphatic carbocycles. The molecule has 4 N–H and O–H groups in total. The number of nitrogens with zero attached hydrogens (tertiary/aromatic N) is 4. The molecule has 4 saturated heterocycles. The van der Waals surface area contributed by atoms with Crippen LogP contribution in [-0.2, 0) is 42.1 Å². The molecule has 0 radical (unpaired) electrons. The van der Waals surface area contributed by atoms with Gasteiger partial charge in [0, 0.05) is 42.1 Å². The predicted molar refractivity (Wildman–Crippen MR) is 220 cm³/mol. The fourth-order valence-corrected chi connectivity index (χ4v) is 8.19. The van der Waals surface area contributed by atoms with E-state index in [2.05, 4.69) is 96.9 Å². The van der Waals surface area contributed by atoms with Crippen molar-refractivity contribution in [2.24, 2.45) is 23.7 Å². The molecule has 4 aliphatic rings. The molecule has 0 aromatic heterocycles. The molecule has 4 aliphatic heterocycles. The summed E-state index contributed by atoms with van der Waals surface area (Å²) in [5, 5.41) is 19.0. The maximum Gasteiger partial charge on any atom is 0 e. The Labute approximate surface area is 350 Å². The molecule has 308 valence electrons. The first-order valence-corrected chi connectivity index (χ1v) is 19.7. The Hall–Kier alpha value is -0.163. The summed E-state index contributed by atoms with van der Waals surface area (Å²) in [4.78, 5) is 0.